The van der Waals surface area contributed by atoms with Crippen LogP contribution in [0, 0.1) is 13.8 Å². The molecular formula is C25H27N5O2S. The molecule has 3 aromatic heterocycles. The standard InChI is InChI=1S/C25H27N5O2S/c1-17-5-3-6-20(27-17)7-4-11-30-12-10-21(29-30)24-18(2)28-25(33-24)26-16-19-8-9-22-23(15-19)32-14-13-31-22/h3,5-6,8-10,12,15H,4,7,11,13-14,16H2,1-2H3,(H,26,28). The number of benzene rings is 1. The Balaban J connectivity index is 1.19. The molecule has 0 unspecified atom stereocenters. The first-order chi connectivity index (χ1) is 16.1. The number of aryl methyl sites for hydroxylation is 4. The molecule has 0 fully saturated rings. The fourth-order valence-corrected chi connectivity index (χ4v) is 4.78. The van der Waals surface area contributed by atoms with Gasteiger partial charge in [-0.2, -0.15) is 5.10 Å². The number of ether oxygens (including phenoxy) is 2. The van der Waals surface area contributed by atoms with Gasteiger partial charge in [0.15, 0.2) is 16.6 Å². The molecule has 0 radical (unpaired) electrons. The van der Waals surface area contributed by atoms with Crippen molar-refractivity contribution in [3.63, 3.8) is 0 Å². The van der Waals surface area contributed by atoms with E-state index in [9.17, 15) is 0 Å². The molecule has 1 aliphatic heterocycles. The molecule has 4 aromatic rings. The summed E-state index contributed by atoms with van der Waals surface area (Å²) in [6.45, 7) is 6.79. The quantitative estimate of drug-likeness (QED) is 0.397. The van der Waals surface area contributed by atoms with Crippen molar-refractivity contribution in [1.82, 2.24) is 19.7 Å². The van der Waals surface area contributed by atoms with Gasteiger partial charge in [0.2, 0.25) is 0 Å². The van der Waals surface area contributed by atoms with E-state index in [4.69, 9.17) is 19.6 Å². The Bertz CT molecular complexity index is 1250. The highest BCUT2D eigenvalue weighted by molar-refractivity contribution is 7.19. The average Bonchev–Trinajstić information content (AvgIpc) is 3.44. The molecule has 0 aliphatic carbocycles. The van der Waals surface area contributed by atoms with Gasteiger partial charge in [0, 0.05) is 30.7 Å². The van der Waals surface area contributed by atoms with Crippen LogP contribution in [0.25, 0.3) is 10.6 Å². The molecule has 33 heavy (non-hydrogen) atoms. The first-order valence-corrected chi connectivity index (χ1v) is 12.0. The van der Waals surface area contributed by atoms with Crippen molar-refractivity contribution in [2.75, 3.05) is 18.5 Å². The van der Waals surface area contributed by atoms with E-state index >= 15 is 0 Å². The molecule has 4 heterocycles. The topological polar surface area (TPSA) is 74.1 Å². The van der Waals surface area contributed by atoms with Crippen molar-refractivity contribution < 1.29 is 9.47 Å². The zero-order valence-corrected chi connectivity index (χ0v) is 19.7. The SMILES string of the molecule is Cc1cccc(CCCn2ccc(-c3sc(NCc4ccc5c(c4)OCCO5)nc3C)n2)n1. The third-order valence-corrected chi connectivity index (χ3v) is 6.62. The Morgan fingerprint density at radius 2 is 1.91 bits per heavy atom. The second-order valence-electron chi connectivity index (χ2n) is 8.10. The Labute approximate surface area is 197 Å². The Morgan fingerprint density at radius 3 is 2.79 bits per heavy atom. The number of anilines is 1. The van der Waals surface area contributed by atoms with Gasteiger partial charge in [-0.15, -0.1) is 0 Å². The third kappa shape index (κ3) is 5.17. The maximum absolute atomic E-state index is 5.68. The second kappa shape index (κ2) is 9.62. The van der Waals surface area contributed by atoms with Gasteiger partial charge in [0.05, 0.1) is 10.6 Å². The maximum atomic E-state index is 5.68. The van der Waals surface area contributed by atoms with Crippen LogP contribution in [0.2, 0.25) is 0 Å². The maximum Gasteiger partial charge on any atom is 0.183 e. The molecule has 1 aromatic carbocycles. The highest BCUT2D eigenvalue weighted by Gasteiger charge is 2.14. The predicted octanol–water partition coefficient (Wildman–Crippen LogP) is 5.03. The molecule has 170 valence electrons. The molecule has 7 nitrogen and oxygen atoms in total. The van der Waals surface area contributed by atoms with Gasteiger partial charge in [0.25, 0.3) is 0 Å². The normalized spacial score (nSPS) is 12.7. The number of nitrogens with zero attached hydrogens (tertiary/aromatic N) is 4. The molecule has 5 rings (SSSR count). The van der Waals surface area contributed by atoms with Crippen LogP contribution in [0.4, 0.5) is 5.13 Å². The average molecular weight is 462 g/mol. The van der Waals surface area contributed by atoms with Gasteiger partial charge >= 0.3 is 0 Å². The Morgan fingerprint density at radius 1 is 1.03 bits per heavy atom. The van der Waals surface area contributed by atoms with Crippen LogP contribution in [0.15, 0.2) is 48.7 Å². The minimum atomic E-state index is 0.592. The van der Waals surface area contributed by atoms with Crippen molar-refractivity contribution in [3.8, 4) is 22.1 Å². The lowest BCUT2D eigenvalue weighted by Gasteiger charge is -2.18. The minimum Gasteiger partial charge on any atom is -0.486 e. The molecule has 0 spiro atoms. The molecule has 0 atom stereocenters. The van der Waals surface area contributed by atoms with E-state index in [0.717, 1.165) is 69.2 Å². The predicted molar refractivity (Wildman–Crippen MR) is 130 cm³/mol. The number of nitrogens with one attached hydrogen (secondary N) is 1. The lowest BCUT2D eigenvalue weighted by atomic mass is 10.2. The fraction of sp³-hybridized carbons (Fsp3) is 0.320. The highest BCUT2D eigenvalue weighted by Crippen LogP contribution is 2.33. The lowest BCUT2D eigenvalue weighted by molar-refractivity contribution is 0.171. The minimum absolute atomic E-state index is 0.592. The summed E-state index contributed by atoms with van der Waals surface area (Å²) < 4.78 is 13.3. The summed E-state index contributed by atoms with van der Waals surface area (Å²) in [5, 5.41) is 9.10. The number of aromatic nitrogens is 4. The first-order valence-electron chi connectivity index (χ1n) is 11.2. The van der Waals surface area contributed by atoms with Crippen LogP contribution in [0.5, 0.6) is 11.5 Å². The summed E-state index contributed by atoms with van der Waals surface area (Å²) in [5.74, 6) is 1.61. The summed E-state index contributed by atoms with van der Waals surface area (Å²) in [5.41, 5.74) is 5.27. The molecule has 1 aliphatic rings. The van der Waals surface area contributed by atoms with Crippen molar-refractivity contribution in [2.24, 2.45) is 0 Å². The van der Waals surface area contributed by atoms with Crippen molar-refractivity contribution in [1.29, 1.82) is 0 Å². The lowest BCUT2D eigenvalue weighted by Crippen LogP contribution is -2.15. The number of hydrogen-bond acceptors (Lipinski definition) is 7. The van der Waals surface area contributed by atoms with Crippen molar-refractivity contribution in [2.45, 2.75) is 39.8 Å². The van der Waals surface area contributed by atoms with Gasteiger partial charge in [-0.3, -0.25) is 9.67 Å². The van der Waals surface area contributed by atoms with Gasteiger partial charge in [-0.1, -0.05) is 23.5 Å². The van der Waals surface area contributed by atoms with E-state index in [-0.39, 0.29) is 0 Å². The van der Waals surface area contributed by atoms with Gasteiger partial charge in [-0.25, -0.2) is 4.98 Å². The number of thiazole rings is 1. The van der Waals surface area contributed by atoms with Gasteiger partial charge in [0.1, 0.15) is 18.9 Å². The largest absolute Gasteiger partial charge is 0.486 e. The molecule has 0 amide bonds. The van der Waals surface area contributed by atoms with Crippen LogP contribution in [-0.4, -0.2) is 33.0 Å². The van der Waals surface area contributed by atoms with Crippen molar-refractivity contribution in [3.05, 3.63) is 71.3 Å². The number of fused-ring (bicyclic) bond motifs is 1. The van der Waals surface area contributed by atoms with E-state index in [2.05, 4.69) is 34.6 Å². The van der Waals surface area contributed by atoms with Crippen LogP contribution in [0.3, 0.4) is 0 Å². The number of rotatable bonds is 8. The van der Waals surface area contributed by atoms with Crippen molar-refractivity contribution >= 4 is 16.5 Å². The van der Waals surface area contributed by atoms with Crippen LogP contribution in [-0.2, 0) is 19.5 Å². The van der Waals surface area contributed by atoms with Gasteiger partial charge < -0.3 is 14.8 Å². The van der Waals surface area contributed by atoms with E-state index in [0.29, 0.717) is 19.8 Å². The molecule has 0 bridgehead atoms. The summed E-state index contributed by atoms with van der Waals surface area (Å²) in [7, 11) is 0. The summed E-state index contributed by atoms with van der Waals surface area (Å²) in [6, 6.07) is 14.3. The van der Waals surface area contributed by atoms with E-state index in [1.807, 2.05) is 42.9 Å². The fourth-order valence-electron chi connectivity index (χ4n) is 3.85. The highest BCUT2D eigenvalue weighted by atomic mass is 32.1. The molecule has 8 heteroatoms. The number of pyridine rings is 1. The zero-order valence-electron chi connectivity index (χ0n) is 18.9. The molecule has 1 N–H and O–H groups in total. The van der Waals surface area contributed by atoms with Crippen LogP contribution < -0.4 is 14.8 Å². The molecule has 0 saturated carbocycles. The summed E-state index contributed by atoms with van der Waals surface area (Å²) in [6.07, 6.45) is 3.99. The smallest absolute Gasteiger partial charge is 0.183 e. The molecular weight excluding hydrogens is 434 g/mol. The van der Waals surface area contributed by atoms with E-state index in [1.165, 1.54) is 0 Å². The first kappa shape index (κ1) is 21.5. The van der Waals surface area contributed by atoms with Gasteiger partial charge in [-0.05, 0) is 62.6 Å². The molecule has 0 saturated heterocycles. The third-order valence-electron chi connectivity index (χ3n) is 5.49. The van der Waals surface area contributed by atoms with Crippen LogP contribution >= 0.6 is 11.3 Å². The Hall–Kier alpha value is -3.39. The van der Waals surface area contributed by atoms with E-state index < -0.39 is 0 Å². The van der Waals surface area contributed by atoms with Crippen LogP contribution in [0.1, 0.15) is 29.1 Å². The summed E-state index contributed by atoms with van der Waals surface area (Å²) in [4.78, 5) is 10.4. The monoisotopic (exact) mass is 461 g/mol. The van der Waals surface area contributed by atoms with E-state index in [1.54, 1.807) is 11.3 Å². The summed E-state index contributed by atoms with van der Waals surface area (Å²) >= 11 is 1.63. The Kier molecular flexibility index (Phi) is 6.26. The number of hydrogen-bond donors (Lipinski definition) is 1. The second-order valence-corrected chi connectivity index (χ2v) is 9.10. The zero-order chi connectivity index (χ0) is 22.6.